The van der Waals surface area contributed by atoms with E-state index in [9.17, 15) is 4.79 Å². The second-order valence-electron chi connectivity index (χ2n) is 4.72. The molecule has 1 aromatic rings. The van der Waals surface area contributed by atoms with Crippen molar-refractivity contribution in [2.75, 3.05) is 18.6 Å². The van der Waals surface area contributed by atoms with Gasteiger partial charge < -0.3 is 9.64 Å². The second kappa shape index (κ2) is 6.18. The summed E-state index contributed by atoms with van der Waals surface area (Å²) in [7, 11) is 2.01. The molecule has 1 rings (SSSR count). The molecule has 1 heterocycles. The fourth-order valence-electron chi connectivity index (χ4n) is 1.54. The van der Waals surface area contributed by atoms with E-state index in [0.717, 1.165) is 10.0 Å². The molecule has 0 fully saturated rings. The van der Waals surface area contributed by atoms with Crippen molar-refractivity contribution in [2.24, 2.45) is 5.92 Å². The molecule has 0 aliphatic carbocycles. The number of nitrogens with zero attached hydrogens (tertiary/aromatic N) is 2. The van der Waals surface area contributed by atoms with Gasteiger partial charge in [-0.05, 0) is 26.7 Å². The summed E-state index contributed by atoms with van der Waals surface area (Å²) in [6, 6.07) is 0.380. The van der Waals surface area contributed by atoms with Crippen molar-refractivity contribution >= 4 is 22.4 Å². The number of aromatic nitrogens is 1. The Labute approximate surface area is 113 Å². The lowest BCUT2D eigenvalue weighted by Crippen LogP contribution is -2.33. The van der Waals surface area contributed by atoms with Crippen molar-refractivity contribution in [2.45, 2.75) is 40.7 Å². The van der Waals surface area contributed by atoms with E-state index in [-0.39, 0.29) is 5.97 Å². The first-order chi connectivity index (χ1) is 8.38. The maximum Gasteiger partial charge on any atom is 0.358 e. The Morgan fingerprint density at radius 2 is 2.06 bits per heavy atom. The number of rotatable bonds is 5. The Kier molecular flexibility index (Phi) is 5.14. The first-order valence-corrected chi connectivity index (χ1v) is 7.07. The molecule has 0 radical (unpaired) electrons. The summed E-state index contributed by atoms with van der Waals surface area (Å²) in [5.41, 5.74) is 0.444. The van der Waals surface area contributed by atoms with E-state index in [1.807, 2.05) is 14.0 Å². The van der Waals surface area contributed by atoms with Crippen LogP contribution in [-0.4, -0.2) is 30.6 Å². The summed E-state index contributed by atoms with van der Waals surface area (Å²) in [4.78, 5) is 19.1. The van der Waals surface area contributed by atoms with Gasteiger partial charge in [0.1, 0.15) is 0 Å². The van der Waals surface area contributed by atoms with E-state index in [1.54, 1.807) is 6.92 Å². The third-order valence-electron chi connectivity index (χ3n) is 3.13. The van der Waals surface area contributed by atoms with Crippen LogP contribution in [0.3, 0.4) is 0 Å². The third-order valence-corrected chi connectivity index (χ3v) is 4.19. The molecule has 0 aromatic carbocycles. The molecule has 0 aliphatic heterocycles. The number of carbonyl (C=O) groups is 1. The van der Waals surface area contributed by atoms with Gasteiger partial charge in [0, 0.05) is 18.0 Å². The smallest absolute Gasteiger partial charge is 0.358 e. The highest BCUT2D eigenvalue weighted by Gasteiger charge is 2.21. The fourth-order valence-corrected chi connectivity index (χ4v) is 2.49. The van der Waals surface area contributed by atoms with Gasteiger partial charge in [0.2, 0.25) is 0 Å². The van der Waals surface area contributed by atoms with Crippen molar-refractivity contribution in [3.05, 3.63) is 10.6 Å². The van der Waals surface area contributed by atoms with Gasteiger partial charge in [-0.3, -0.25) is 0 Å². The van der Waals surface area contributed by atoms with Crippen LogP contribution in [0.15, 0.2) is 0 Å². The lowest BCUT2D eigenvalue weighted by Gasteiger charge is -2.27. The van der Waals surface area contributed by atoms with Gasteiger partial charge in [-0.15, -0.1) is 11.3 Å². The molecule has 0 aliphatic rings. The predicted molar refractivity (Wildman–Crippen MR) is 75.5 cm³/mol. The van der Waals surface area contributed by atoms with Gasteiger partial charge in [0.05, 0.1) is 6.61 Å². The van der Waals surface area contributed by atoms with E-state index in [0.29, 0.717) is 24.3 Å². The highest BCUT2D eigenvalue weighted by molar-refractivity contribution is 7.15. The molecule has 1 atom stereocenters. The summed E-state index contributed by atoms with van der Waals surface area (Å²) in [6.07, 6.45) is 0. The van der Waals surface area contributed by atoms with Crippen LogP contribution in [0.5, 0.6) is 0 Å². The second-order valence-corrected chi connectivity index (χ2v) is 5.90. The first kappa shape index (κ1) is 15.0. The number of aryl methyl sites for hydroxylation is 1. The van der Waals surface area contributed by atoms with Crippen molar-refractivity contribution < 1.29 is 9.53 Å². The van der Waals surface area contributed by atoms with Gasteiger partial charge in [0.25, 0.3) is 0 Å². The molecule has 0 amide bonds. The van der Waals surface area contributed by atoms with Gasteiger partial charge >= 0.3 is 5.97 Å². The number of carbonyl (C=O) groups excluding carboxylic acids is 1. The number of ether oxygens (including phenoxy) is 1. The molecule has 18 heavy (non-hydrogen) atoms. The van der Waals surface area contributed by atoms with Crippen LogP contribution in [0, 0.1) is 12.8 Å². The van der Waals surface area contributed by atoms with E-state index >= 15 is 0 Å². The van der Waals surface area contributed by atoms with Gasteiger partial charge in [0.15, 0.2) is 10.8 Å². The average molecular weight is 270 g/mol. The number of hydrogen-bond acceptors (Lipinski definition) is 5. The number of thiazole rings is 1. The average Bonchev–Trinajstić information content (AvgIpc) is 2.69. The molecule has 0 N–H and O–H groups in total. The molecule has 1 unspecified atom stereocenters. The van der Waals surface area contributed by atoms with Crippen molar-refractivity contribution in [3.63, 3.8) is 0 Å². The summed E-state index contributed by atoms with van der Waals surface area (Å²) in [6.45, 7) is 10.6. The zero-order valence-electron chi connectivity index (χ0n) is 12.0. The van der Waals surface area contributed by atoms with Gasteiger partial charge in [-0.2, -0.15) is 0 Å². The fraction of sp³-hybridized carbons (Fsp3) is 0.692. The number of anilines is 1. The van der Waals surface area contributed by atoms with Crippen LogP contribution in [0.4, 0.5) is 5.13 Å². The maximum absolute atomic E-state index is 11.7. The standard InChI is InChI=1S/C13H22N2O2S/c1-7-17-12(16)11-10(5)18-13(14-11)15(6)9(4)8(2)3/h8-9H,7H2,1-6H3. The van der Waals surface area contributed by atoms with Crippen molar-refractivity contribution in [1.82, 2.24) is 4.98 Å². The van der Waals surface area contributed by atoms with E-state index in [2.05, 4.69) is 30.7 Å². The molecule has 102 valence electrons. The molecular weight excluding hydrogens is 248 g/mol. The van der Waals surface area contributed by atoms with Crippen molar-refractivity contribution in [1.29, 1.82) is 0 Å². The molecule has 0 saturated carbocycles. The Hall–Kier alpha value is -1.10. The van der Waals surface area contributed by atoms with Crippen LogP contribution in [-0.2, 0) is 4.74 Å². The predicted octanol–water partition coefficient (Wildman–Crippen LogP) is 3.11. The van der Waals surface area contributed by atoms with Crippen LogP contribution in [0.25, 0.3) is 0 Å². The summed E-state index contributed by atoms with van der Waals surface area (Å²) in [5.74, 6) is 0.202. The molecule has 0 bridgehead atoms. The Morgan fingerprint density at radius 1 is 1.44 bits per heavy atom. The quantitative estimate of drug-likeness (QED) is 0.771. The summed E-state index contributed by atoms with van der Waals surface area (Å²) in [5, 5.41) is 0.872. The highest BCUT2D eigenvalue weighted by Crippen LogP contribution is 2.28. The number of esters is 1. The van der Waals surface area contributed by atoms with Crippen LogP contribution < -0.4 is 4.90 Å². The van der Waals surface area contributed by atoms with Gasteiger partial charge in [-0.25, -0.2) is 9.78 Å². The Morgan fingerprint density at radius 3 is 2.56 bits per heavy atom. The normalized spacial score (nSPS) is 12.6. The Bertz CT molecular complexity index is 415. The molecule has 1 aromatic heterocycles. The molecule has 0 saturated heterocycles. The zero-order chi connectivity index (χ0) is 13.9. The zero-order valence-corrected chi connectivity index (χ0v) is 12.8. The molecular formula is C13H22N2O2S. The highest BCUT2D eigenvalue weighted by atomic mass is 32.1. The lowest BCUT2D eigenvalue weighted by atomic mass is 10.1. The van der Waals surface area contributed by atoms with Crippen molar-refractivity contribution in [3.8, 4) is 0 Å². The minimum atomic E-state index is -0.330. The topological polar surface area (TPSA) is 42.4 Å². The van der Waals surface area contributed by atoms with Crippen LogP contribution in [0.2, 0.25) is 0 Å². The lowest BCUT2D eigenvalue weighted by molar-refractivity contribution is 0.0519. The number of hydrogen-bond donors (Lipinski definition) is 0. The maximum atomic E-state index is 11.7. The third kappa shape index (κ3) is 3.22. The van der Waals surface area contributed by atoms with E-state index in [1.165, 1.54) is 11.3 Å². The minimum Gasteiger partial charge on any atom is -0.461 e. The SMILES string of the molecule is CCOC(=O)c1nc(N(C)C(C)C(C)C)sc1C. The molecule has 0 spiro atoms. The van der Waals surface area contributed by atoms with Crippen LogP contribution >= 0.6 is 11.3 Å². The minimum absolute atomic E-state index is 0.330. The summed E-state index contributed by atoms with van der Waals surface area (Å²) >= 11 is 1.54. The molecule has 4 nitrogen and oxygen atoms in total. The summed E-state index contributed by atoms with van der Waals surface area (Å²) < 4.78 is 5.00. The van der Waals surface area contributed by atoms with E-state index < -0.39 is 0 Å². The van der Waals surface area contributed by atoms with Crippen LogP contribution in [0.1, 0.15) is 43.1 Å². The first-order valence-electron chi connectivity index (χ1n) is 6.25. The Balaban J connectivity index is 2.93. The largest absolute Gasteiger partial charge is 0.461 e. The van der Waals surface area contributed by atoms with E-state index in [4.69, 9.17) is 4.74 Å². The van der Waals surface area contributed by atoms with Gasteiger partial charge in [-0.1, -0.05) is 13.8 Å². The monoisotopic (exact) mass is 270 g/mol. The molecule has 5 heteroatoms.